The van der Waals surface area contributed by atoms with E-state index in [-0.39, 0.29) is 5.91 Å². The fourth-order valence-electron chi connectivity index (χ4n) is 3.91. The van der Waals surface area contributed by atoms with Crippen molar-refractivity contribution in [2.75, 3.05) is 5.32 Å². The third-order valence-corrected chi connectivity index (χ3v) is 5.60. The molecule has 4 heteroatoms. The fraction of sp³-hybridized carbons (Fsp3) is 0.154. The van der Waals surface area contributed by atoms with Crippen LogP contribution in [0.4, 0.5) is 5.69 Å². The van der Waals surface area contributed by atoms with Gasteiger partial charge < -0.3 is 5.32 Å². The van der Waals surface area contributed by atoms with Gasteiger partial charge in [-0.1, -0.05) is 24.1 Å². The molecular weight excluding hydrogens is 370 g/mol. The number of nitrogens with zero attached hydrogens (tertiary/aromatic N) is 2. The summed E-state index contributed by atoms with van der Waals surface area (Å²) in [5.41, 5.74) is 7.76. The summed E-state index contributed by atoms with van der Waals surface area (Å²) in [5, 5.41) is 3.02. The van der Waals surface area contributed by atoms with E-state index in [1.165, 1.54) is 17.5 Å². The molecule has 1 amide bonds. The third kappa shape index (κ3) is 3.46. The van der Waals surface area contributed by atoms with Gasteiger partial charge in [0.2, 0.25) is 0 Å². The predicted molar refractivity (Wildman–Crippen MR) is 119 cm³/mol. The Morgan fingerprint density at radius 1 is 1.03 bits per heavy atom. The second-order valence-corrected chi connectivity index (χ2v) is 7.64. The lowest BCUT2D eigenvalue weighted by Gasteiger charge is -2.09. The highest BCUT2D eigenvalue weighted by atomic mass is 16.1. The van der Waals surface area contributed by atoms with Crippen molar-refractivity contribution >= 4 is 17.2 Å². The Balaban J connectivity index is 1.39. The number of anilines is 1. The molecule has 5 rings (SSSR count). The summed E-state index contributed by atoms with van der Waals surface area (Å²) in [5.74, 6) is 6.35. The van der Waals surface area contributed by atoms with E-state index in [4.69, 9.17) is 0 Å². The molecule has 1 aliphatic rings. The molecule has 0 saturated heterocycles. The van der Waals surface area contributed by atoms with Crippen LogP contribution in [0.3, 0.4) is 0 Å². The molecule has 0 fully saturated rings. The summed E-state index contributed by atoms with van der Waals surface area (Å²) < 4.78 is 1.96. The van der Waals surface area contributed by atoms with Gasteiger partial charge in [-0.3, -0.25) is 9.20 Å². The van der Waals surface area contributed by atoms with Crippen molar-refractivity contribution in [3.05, 3.63) is 101 Å². The van der Waals surface area contributed by atoms with E-state index < -0.39 is 0 Å². The van der Waals surface area contributed by atoms with Gasteiger partial charge in [-0.25, -0.2) is 4.98 Å². The van der Waals surface area contributed by atoms with Crippen LogP contribution in [0.1, 0.15) is 44.7 Å². The van der Waals surface area contributed by atoms with E-state index in [1.807, 2.05) is 66.1 Å². The Bertz CT molecular complexity index is 1340. The number of hydrogen-bond acceptors (Lipinski definition) is 2. The van der Waals surface area contributed by atoms with Crippen LogP contribution >= 0.6 is 0 Å². The molecule has 0 atom stereocenters. The first kappa shape index (κ1) is 18.2. The standard InChI is InChI=1S/C26H21N3O/c1-18-8-12-23(28-26(30)22-10-9-19-5-4-6-21(19)15-22)16-20(18)11-13-24-17-27-25-7-2-3-14-29(24)25/h2-3,7-10,12,14-17H,4-6H2,1H3,(H,28,30). The smallest absolute Gasteiger partial charge is 0.255 e. The number of aromatic nitrogens is 2. The molecule has 146 valence electrons. The van der Waals surface area contributed by atoms with Crippen LogP contribution in [0.5, 0.6) is 0 Å². The second-order valence-electron chi connectivity index (χ2n) is 7.64. The van der Waals surface area contributed by atoms with Crippen LogP contribution < -0.4 is 5.32 Å². The Labute approximate surface area is 175 Å². The quantitative estimate of drug-likeness (QED) is 0.500. The average Bonchev–Trinajstić information content (AvgIpc) is 3.40. The number of rotatable bonds is 2. The summed E-state index contributed by atoms with van der Waals surface area (Å²) >= 11 is 0. The molecule has 4 nitrogen and oxygen atoms in total. The number of nitrogens with one attached hydrogen (secondary N) is 1. The molecule has 0 saturated carbocycles. The van der Waals surface area contributed by atoms with Crippen molar-refractivity contribution in [3.63, 3.8) is 0 Å². The molecule has 1 N–H and O–H groups in total. The number of imidazole rings is 1. The lowest BCUT2D eigenvalue weighted by molar-refractivity contribution is 0.102. The SMILES string of the molecule is Cc1ccc(NC(=O)c2ccc3c(c2)CCC3)cc1C#Cc1cnc2ccccn12. The molecule has 2 heterocycles. The van der Waals surface area contributed by atoms with Crippen LogP contribution in [-0.4, -0.2) is 15.3 Å². The maximum absolute atomic E-state index is 12.7. The maximum Gasteiger partial charge on any atom is 0.255 e. The monoisotopic (exact) mass is 391 g/mol. The minimum absolute atomic E-state index is 0.0887. The summed E-state index contributed by atoms with van der Waals surface area (Å²) in [6, 6.07) is 17.7. The maximum atomic E-state index is 12.7. The first-order valence-corrected chi connectivity index (χ1v) is 10.2. The topological polar surface area (TPSA) is 46.4 Å². The van der Waals surface area contributed by atoms with Gasteiger partial charge in [-0.15, -0.1) is 0 Å². The Morgan fingerprint density at radius 3 is 2.87 bits per heavy atom. The molecular formula is C26H21N3O. The Morgan fingerprint density at radius 2 is 1.93 bits per heavy atom. The molecule has 1 aliphatic carbocycles. The van der Waals surface area contributed by atoms with Crippen LogP contribution in [0.2, 0.25) is 0 Å². The lowest BCUT2D eigenvalue weighted by atomic mass is 10.1. The zero-order valence-electron chi connectivity index (χ0n) is 16.8. The van der Waals surface area contributed by atoms with Gasteiger partial charge in [0.25, 0.3) is 5.91 Å². The van der Waals surface area contributed by atoms with Crippen LogP contribution in [-0.2, 0) is 12.8 Å². The minimum atomic E-state index is -0.0887. The Hall–Kier alpha value is -3.84. The largest absolute Gasteiger partial charge is 0.322 e. The second kappa shape index (κ2) is 7.53. The van der Waals surface area contributed by atoms with Gasteiger partial charge in [0.1, 0.15) is 11.3 Å². The van der Waals surface area contributed by atoms with E-state index in [9.17, 15) is 4.79 Å². The highest BCUT2D eigenvalue weighted by Gasteiger charge is 2.14. The van der Waals surface area contributed by atoms with E-state index in [1.54, 1.807) is 6.20 Å². The van der Waals surface area contributed by atoms with Crippen molar-refractivity contribution < 1.29 is 4.79 Å². The van der Waals surface area contributed by atoms with E-state index in [2.05, 4.69) is 28.2 Å². The third-order valence-electron chi connectivity index (χ3n) is 5.60. The number of carbonyl (C=O) groups excluding carboxylic acids is 1. The highest BCUT2D eigenvalue weighted by molar-refractivity contribution is 6.04. The zero-order chi connectivity index (χ0) is 20.5. The number of carbonyl (C=O) groups is 1. The number of benzene rings is 2. The van der Waals surface area contributed by atoms with Gasteiger partial charge >= 0.3 is 0 Å². The van der Waals surface area contributed by atoms with Crippen molar-refractivity contribution in [3.8, 4) is 11.8 Å². The molecule has 30 heavy (non-hydrogen) atoms. The first-order valence-electron chi connectivity index (χ1n) is 10.2. The summed E-state index contributed by atoms with van der Waals surface area (Å²) in [6.45, 7) is 2.02. The zero-order valence-corrected chi connectivity index (χ0v) is 16.8. The number of amides is 1. The molecule has 2 aromatic carbocycles. The van der Waals surface area contributed by atoms with Crippen molar-refractivity contribution in [1.29, 1.82) is 0 Å². The number of fused-ring (bicyclic) bond motifs is 2. The van der Waals surface area contributed by atoms with Gasteiger partial charge in [0.05, 0.1) is 6.20 Å². The fourth-order valence-corrected chi connectivity index (χ4v) is 3.91. The average molecular weight is 391 g/mol. The van der Waals surface area contributed by atoms with E-state index in [0.717, 1.165) is 41.0 Å². The molecule has 0 spiro atoms. The van der Waals surface area contributed by atoms with E-state index in [0.29, 0.717) is 5.56 Å². The van der Waals surface area contributed by atoms with Gasteiger partial charge in [-0.05, 0) is 85.2 Å². The predicted octanol–water partition coefficient (Wildman–Crippen LogP) is 4.78. The normalized spacial score (nSPS) is 12.3. The van der Waals surface area contributed by atoms with Gasteiger partial charge in [-0.2, -0.15) is 0 Å². The van der Waals surface area contributed by atoms with Crippen LogP contribution in [0.25, 0.3) is 5.65 Å². The molecule has 4 aromatic rings. The lowest BCUT2D eigenvalue weighted by Crippen LogP contribution is -2.12. The molecule has 0 radical (unpaired) electrons. The van der Waals surface area contributed by atoms with Crippen molar-refractivity contribution in [1.82, 2.24) is 9.38 Å². The van der Waals surface area contributed by atoms with E-state index >= 15 is 0 Å². The van der Waals surface area contributed by atoms with Crippen LogP contribution in [0, 0.1) is 18.8 Å². The number of aryl methyl sites for hydroxylation is 3. The molecule has 0 unspecified atom stereocenters. The molecule has 0 aliphatic heterocycles. The first-order chi connectivity index (χ1) is 14.7. The summed E-state index contributed by atoms with van der Waals surface area (Å²) in [6.07, 6.45) is 7.07. The van der Waals surface area contributed by atoms with Crippen molar-refractivity contribution in [2.45, 2.75) is 26.2 Å². The number of pyridine rings is 1. The Kier molecular flexibility index (Phi) is 4.57. The van der Waals surface area contributed by atoms with Gasteiger partial charge in [0, 0.05) is 23.0 Å². The molecule has 0 bridgehead atoms. The molecule has 2 aromatic heterocycles. The van der Waals surface area contributed by atoms with Gasteiger partial charge in [0.15, 0.2) is 0 Å². The highest BCUT2D eigenvalue weighted by Crippen LogP contribution is 2.23. The summed E-state index contributed by atoms with van der Waals surface area (Å²) in [4.78, 5) is 17.1. The minimum Gasteiger partial charge on any atom is -0.322 e. The number of hydrogen-bond donors (Lipinski definition) is 1. The summed E-state index contributed by atoms with van der Waals surface area (Å²) in [7, 11) is 0. The van der Waals surface area contributed by atoms with Crippen molar-refractivity contribution in [2.24, 2.45) is 0 Å². The van der Waals surface area contributed by atoms with Crippen LogP contribution in [0.15, 0.2) is 67.0 Å².